The van der Waals surface area contributed by atoms with Gasteiger partial charge < -0.3 is 10.1 Å². The third kappa shape index (κ3) is 9.76. The van der Waals surface area contributed by atoms with Gasteiger partial charge in [0.15, 0.2) is 0 Å². The second kappa shape index (κ2) is 7.49. The summed E-state index contributed by atoms with van der Waals surface area (Å²) in [6.45, 7) is 2.27. The number of esters is 1. The summed E-state index contributed by atoms with van der Waals surface area (Å²) in [4.78, 5) is 10.8. The number of carbonyl (C=O) groups excluding carboxylic acids is 1. The molecule has 0 aromatic heterocycles. The van der Waals surface area contributed by atoms with Crippen molar-refractivity contribution < 1.29 is 22.7 Å². The maximum Gasteiger partial charge on any atom is 0.389 e. The summed E-state index contributed by atoms with van der Waals surface area (Å²) in [6.07, 6.45) is -4.03. The van der Waals surface area contributed by atoms with E-state index in [4.69, 9.17) is 0 Å². The molecule has 0 fully saturated rings. The van der Waals surface area contributed by atoms with Crippen molar-refractivity contribution in [3.05, 3.63) is 0 Å². The highest BCUT2D eigenvalue weighted by Gasteiger charge is 2.25. The molecule has 16 heavy (non-hydrogen) atoms. The highest BCUT2D eigenvalue weighted by atomic mass is 19.4. The summed E-state index contributed by atoms with van der Waals surface area (Å²) in [6, 6.07) is -0.0710. The van der Waals surface area contributed by atoms with Gasteiger partial charge in [0.2, 0.25) is 0 Å². The first-order valence-electron chi connectivity index (χ1n) is 5.22. The van der Waals surface area contributed by atoms with Crippen molar-refractivity contribution in [2.24, 2.45) is 0 Å². The standard InChI is InChI=1S/C10H18F3NO2/c1-8(7-9(15)16-2)14-6-4-3-5-10(11,12)13/h8,14H,3-7H2,1-2H3. The molecule has 0 saturated heterocycles. The number of alkyl halides is 3. The zero-order valence-electron chi connectivity index (χ0n) is 9.56. The van der Waals surface area contributed by atoms with Crippen LogP contribution in [0, 0.1) is 0 Å². The van der Waals surface area contributed by atoms with Gasteiger partial charge in [-0.2, -0.15) is 13.2 Å². The Bertz CT molecular complexity index is 207. The van der Waals surface area contributed by atoms with E-state index >= 15 is 0 Å². The summed E-state index contributed by atoms with van der Waals surface area (Å²) in [7, 11) is 1.30. The molecule has 0 spiro atoms. The van der Waals surface area contributed by atoms with Crippen LogP contribution < -0.4 is 5.32 Å². The van der Waals surface area contributed by atoms with Gasteiger partial charge in [-0.15, -0.1) is 0 Å². The minimum atomic E-state index is -4.07. The first-order valence-corrected chi connectivity index (χ1v) is 5.22. The van der Waals surface area contributed by atoms with Crippen molar-refractivity contribution >= 4 is 5.97 Å². The molecular formula is C10H18F3NO2. The molecule has 0 amide bonds. The molecule has 0 radical (unpaired) electrons. The highest BCUT2D eigenvalue weighted by Crippen LogP contribution is 2.21. The average molecular weight is 241 g/mol. The molecule has 0 aromatic carbocycles. The molecule has 0 aromatic rings. The third-order valence-electron chi connectivity index (χ3n) is 2.08. The largest absolute Gasteiger partial charge is 0.469 e. The minimum absolute atomic E-state index is 0.0710. The van der Waals surface area contributed by atoms with Crippen LogP contribution in [0.1, 0.15) is 32.6 Å². The molecule has 0 aliphatic rings. The summed E-state index contributed by atoms with van der Waals surface area (Å²) in [5, 5.41) is 2.97. The zero-order valence-corrected chi connectivity index (χ0v) is 9.56. The van der Waals surface area contributed by atoms with Crippen molar-refractivity contribution in [2.75, 3.05) is 13.7 Å². The van der Waals surface area contributed by atoms with Gasteiger partial charge in [-0.25, -0.2) is 0 Å². The number of rotatable bonds is 7. The number of nitrogens with one attached hydrogen (secondary N) is 1. The Hall–Kier alpha value is -0.780. The van der Waals surface area contributed by atoms with Crippen LogP contribution in [-0.2, 0) is 9.53 Å². The number of methoxy groups -OCH3 is 1. The topological polar surface area (TPSA) is 38.3 Å². The molecule has 6 heteroatoms. The highest BCUT2D eigenvalue weighted by molar-refractivity contribution is 5.69. The molecule has 0 aliphatic carbocycles. The van der Waals surface area contributed by atoms with Crippen molar-refractivity contribution in [3.63, 3.8) is 0 Å². The first-order chi connectivity index (χ1) is 7.35. The molecular weight excluding hydrogens is 223 g/mol. The molecule has 1 N–H and O–H groups in total. The number of ether oxygens (including phenoxy) is 1. The van der Waals surface area contributed by atoms with Crippen LogP contribution in [0.5, 0.6) is 0 Å². The zero-order chi connectivity index (χ0) is 12.6. The number of hydrogen-bond acceptors (Lipinski definition) is 3. The minimum Gasteiger partial charge on any atom is -0.469 e. The van der Waals surface area contributed by atoms with Crippen LogP contribution in [-0.4, -0.2) is 31.8 Å². The predicted octanol–water partition coefficient (Wildman–Crippen LogP) is 2.26. The lowest BCUT2D eigenvalue weighted by Gasteiger charge is -2.12. The third-order valence-corrected chi connectivity index (χ3v) is 2.08. The van der Waals surface area contributed by atoms with Crippen LogP contribution in [0.2, 0.25) is 0 Å². The molecule has 1 unspecified atom stereocenters. The van der Waals surface area contributed by atoms with E-state index in [0.29, 0.717) is 13.0 Å². The SMILES string of the molecule is COC(=O)CC(C)NCCCCC(F)(F)F. The molecule has 0 bridgehead atoms. The van der Waals surface area contributed by atoms with Gasteiger partial charge in [-0.05, 0) is 26.3 Å². The van der Waals surface area contributed by atoms with Crippen LogP contribution in [0.4, 0.5) is 13.2 Å². The lowest BCUT2D eigenvalue weighted by atomic mass is 10.2. The number of halogens is 3. The van der Waals surface area contributed by atoms with Gasteiger partial charge in [0.25, 0.3) is 0 Å². The van der Waals surface area contributed by atoms with E-state index in [1.54, 1.807) is 6.92 Å². The van der Waals surface area contributed by atoms with Crippen LogP contribution in [0.25, 0.3) is 0 Å². The fourth-order valence-corrected chi connectivity index (χ4v) is 1.20. The Morgan fingerprint density at radius 2 is 2.00 bits per heavy atom. The van der Waals surface area contributed by atoms with E-state index in [-0.39, 0.29) is 24.9 Å². The number of unbranched alkanes of at least 4 members (excludes halogenated alkanes) is 1. The Morgan fingerprint density at radius 1 is 1.38 bits per heavy atom. The van der Waals surface area contributed by atoms with E-state index in [9.17, 15) is 18.0 Å². The summed E-state index contributed by atoms with van der Waals surface area (Å²) in [5.41, 5.74) is 0. The maximum absolute atomic E-state index is 11.8. The van der Waals surface area contributed by atoms with Gasteiger partial charge in [-0.1, -0.05) is 0 Å². The molecule has 0 saturated carbocycles. The van der Waals surface area contributed by atoms with E-state index in [0.717, 1.165) is 0 Å². The average Bonchev–Trinajstić information content (AvgIpc) is 2.15. The second-order valence-corrected chi connectivity index (χ2v) is 3.71. The lowest BCUT2D eigenvalue weighted by molar-refractivity contribution is -0.141. The lowest BCUT2D eigenvalue weighted by Crippen LogP contribution is -2.29. The van der Waals surface area contributed by atoms with Crippen LogP contribution in [0.3, 0.4) is 0 Å². The van der Waals surface area contributed by atoms with Gasteiger partial charge >= 0.3 is 12.1 Å². The monoisotopic (exact) mass is 241 g/mol. The number of hydrogen-bond donors (Lipinski definition) is 1. The van der Waals surface area contributed by atoms with Gasteiger partial charge in [0, 0.05) is 12.5 Å². The Kier molecular flexibility index (Phi) is 7.12. The molecule has 3 nitrogen and oxygen atoms in total. The van der Waals surface area contributed by atoms with E-state index in [2.05, 4.69) is 10.1 Å². The molecule has 1 atom stereocenters. The normalized spacial score (nSPS) is 13.6. The number of carbonyl (C=O) groups is 1. The molecule has 96 valence electrons. The van der Waals surface area contributed by atoms with Crippen LogP contribution >= 0.6 is 0 Å². The van der Waals surface area contributed by atoms with Crippen molar-refractivity contribution in [3.8, 4) is 0 Å². The van der Waals surface area contributed by atoms with Crippen molar-refractivity contribution in [1.82, 2.24) is 5.32 Å². The summed E-state index contributed by atoms with van der Waals surface area (Å²) in [5.74, 6) is -0.324. The van der Waals surface area contributed by atoms with E-state index in [1.807, 2.05) is 0 Å². The van der Waals surface area contributed by atoms with Crippen molar-refractivity contribution in [1.29, 1.82) is 0 Å². The van der Waals surface area contributed by atoms with E-state index < -0.39 is 12.6 Å². The van der Waals surface area contributed by atoms with Crippen LogP contribution in [0.15, 0.2) is 0 Å². The van der Waals surface area contributed by atoms with Crippen molar-refractivity contribution in [2.45, 2.75) is 44.8 Å². The molecule has 0 rings (SSSR count). The Balaban J connectivity index is 3.41. The fraction of sp³-hybridized carbons (Fsp3) is 0.900. The molecule has 0 heterocycles. The molecule has 0 aliphatic heterocycles. The summed E-state index contributed by atoms with van der Waals surface area (Å²) >= 11 is 0. The maximum atomic E-state index is 11.8. The van der Waals surface area contributed by atoms with Gasteiger partial charge in [0.05, 0.1) is 13.5 Å². The Morgan fingerprint density at radius 3 is 2.50 bits per heavy atom. The van der Waals surface area contributed by atoms with Gasteiger partial charge in [-0.3, -0.25) is 4.79 Å². The summed E-state index contributed by atoms with van der Waals surface area (Å²) < 4.78 is 39.8. The Labute approximate surface area is 93.3 Å². The predicted molar refractivity (Wildman–Crippen MR) is 54.0 cm³/mol. The fourth-order valence-electron chi connectivity index (χ4n) is 1.20. The van der Waals surface area contributed by atoms with E-state index in [1.165, 1.54) is 7.11 Å². The smallest absolute Gasteiger partial charge is 0.389 e. The van der Waals surface area contributed by atoms with Gasteiger partial charge in [0.1, 0.15) is 0 Å². The first kappa shape index (κ1) is 15.2. The second-order valence-electron chi connectivity index (χ2n) is 3.71. The quantitative estimate of drug-likeness (QED) is 0.549.